The maximum Gasteiger partial charge on any atom is 0.251 e. The number of thiophene rings is 1. The number of hydrogen-bond donors (Lipinski definition) is 4. The number of aromatic hydroxyl groups is 2. The first kappa shape index (κ1) is 14.9. The maximum absolute atomic E-state index is 11.9. The number of carbonyl (C=O) groups excluding carboxylic acids is 1. The standard InChI is InChI=1S/C15H14N2O3S/c16-5-1-2-13-3-4-14(21-13)9-17-15(20)10-6-11(18)8-12(19)7-10/h3-4,6-8,18-19H,5,9,16H2,(H,17,20). The molecule has 2 aromatic rings. The van der Waals surface area contributed by atoms with Crippen molar-refractivity contribution < 1.29 is 15.0 Å². The third kappa shape index (κ3) is 4.24. The molecule has 0 atom stereocenters. The molecule has 0 bridgehead atoms. The molecule has 0 radical (unpaired) electrons. The number of amides is 1. The van der Waals surface area contributed by atoms with Gasteiger partial charge in [0.2, 0.25) is 0 Å². The monoisotopic (exact) mass is 302 g/mol. The molecule has 0 aliphatic rings. The Kier molecular flexibility index (Phi) is 4.82. The van der Waals surface area contributed by atoms with Crippen LogP contribution in [0.4, 0.5) is 0 Å². The zero-order valence-electron chi connectivity index (χ0n) is 11.1. The zero-order chi connectivity index (χ0) is 15.2. The van der Waals surface area contributed by atoms with Gasteiger partial charge >= 0.3 is 0 Å². The lowest BCUT2D eigenvalue weighted by Crippen LogP contribution is -2.22. The minimum Gasteiger partial charge on any atom is -0.508 e. The number of nitrogens with one attached hydrogen (secondary N) is 1. The highest BCUT2D eigenvalue weighted by Gasteiger charge is 2.09. The highest BCUT2D eigenvalue weighted by Crippen LogP contribution is 2.20. The second-order valence-electron chi connectivity index (χ2n) is 4.19. The van der Waals surface area contributed by atoms with Crippen LogP contribution < -0.4 is 11.1 Å². The second-order valence-corrected chi connectivity index (χ2v) is 5.36. The molecule has 0 fully saturated rings. The van der Waals surface area contributed by atoms with Crippen molar-refractivity contribution in [3.05, 3.63) is 45.6 Å². The van der Waals surface area contributed by atoms with Crippen LogP contribution in [0, 0.1) is 11.8 Å². The number of phenols is 2. The van der Waals surface area contributed by atoms with Crippen LogP contribution in [0.2, 0.25) is 0 Å². The summed E-state index contributed by atoms with van der Waals surface area (Å²) in [5.41, 5.74) is 5.50. The van der Waals surface area contributed by atoms with Crippen LogP contribution in [-0.4, -0.2) is 22.7 Å². The summed E-state index contributed by atoms with van der Waals surface area (Å²) in [5.74, 6) is 5.01. The van der Waals surface area contributed by atoms with E-state index < -0.39 is 0 Å². The van der Waals surface area contributed by atoms with Gasteiger partial charge in [0.1, 0.15) is 11.5 Å². The lowest BCUT2D eigenvalue weighted by molar-refractivity contribution is 0.0950. The molecular formula is C15H14N2O3S. The average Bonchev–Trinajstić information content (AvgIpc) is 2.89. The molecule has 1 aromatic carbocycles. The van der Waals surface area contributed by atoms with Gasteiger partial charge in [0.25, 0.3) is 5.91 Å². The van der Waals surface area contributed by atoms with E-state index >= 15 is 0 Å². The fourth-order valence-electron chi connectivity index (χ4n) is 1.67. The Morgan fingerprint density at radius 3 is 2.62 bits per heavy atom. The molecule has 6 heteroatoms. The third-order valence-corrected chi connectivity index (χ3v) is 3.56. The Morgan fingerprint density at radius 1 is 1.24 bits per heavy atom. The molecule has 0 aliphatic heterocycles. The second kappa shape index (κ2) is 6.79. The van der Waals surface area contributed by atoms with E-state index in [-0.39, 0.29) is 23.0 Å². The Morgan fingerprint density at radius 2 is 1.95 bits per heavy atom. The fourth-order valence-corrected chi connectivity index (χ4v) is 2.50. The Labute approximate surface area is 126 Å². The zero-order valence-corrected chi connectivity index (χ0v) is 11.9. The number of benzene rings is 1. The number of carbonyl (C=O) groups is 1. The van der Waals surface area contributed by atoms with Crippen molar-refractivity contribution in [2.24, 2.45) is 5.73 Å². The van der Waals surface area contributed by atoms with Gasteiger partial charge in [-0.25, -0.2) is 0 Å². The van der Waals surface area contributed by atoms with Crippen molar-refractivity contribution in [3.8, 4) is 23.3 Å². The van der Waals surface area contributed by atoms with E-state index in [9.17, 15) is 15.0 Å². The van der Waals surface area contributed by atoms with Gasteiger partial charge in [-0.2, -0.15) is 0 Å². The lowest BCUT2D eigenvalue weighted by atomic mass is 10.2. The van der Waals surface area contributed by atoms with Crippen molar-refractivity contribution in [2.75, 3.05) is 6.54 Å². The quantitative estimate of drug-likeness (QED) is 0.644. The molecule has 0 spiro atoms. The van der Waals surface area contributed by atoms with E-state index in [4.69, 9.17) is 5.73 Å². The van der Waals surface area contributed by atoms with Crippen LogP contribution >= 0.6 is 11.3 Å². The van der Waals surface area contributed by atoms with E-state index in [2.05, 4.69) is 17.2 Å². The first-order valence-corrected chi connectivity index (χ1v) is 6.99. The molecule has 0 unspecified atom stereocenters. The number of rotatable bonds is 3. The summed E-state index contributed by atoms with van der Waals surface area (Å²) < 4.78 is 0. The van der Waals surface area contributed by atoms with E-state index in [0.717, 1.165) is 9.75 Å². The normalized spacial score (nSPS) is 9.76. The van der Waals surface area contributed by atoms with Gasteiger partial charge in [0.05, 0.1) is 18.0 Å². The molecule has 0 saturated carbocycles. The van der Waals surface area contributed by atoms with E-state index in [0.29, 0.717) is 13.1 Å². The molecule has 0 saturated heterocycles. The van der Waals surface area contributed by atoms with E-state index in [1.54, 1.807) is 0 Å². The first-order chi connectivity index (χ1) is 10.1. The predicted molar refractivity (Wildman–Crippen MR) is 81.2 cm³/mol. The highest BCUT2D eigenvalue weighted by molar-refractivity contribution is 7.12. The van der Waals surface area contributed by atoms with Crippen molar-refractivity contribution in [2.45, 2.75) is 6.54 Å². The van der Waals surface area contributed by atoms with Crippen molar-refractivity contribution in [1.29, 1.82) is 0 Å². The van der Waals surface area contributed by atoms with Crippen LogP contribution in [0.3, 0.4) is 0 Å². The molecule has 2 rings (SSSR count). The minimum absolute atomic E-state index is 0.157. The smallest absolute Gasteiger partial charge is 0.251 e. The molecule has 1 aromatic heterocycles. The summed E-state index contributed by atoms with van der Waals surface area (Å²) in [7, 11) is 0. The summed E-state index contributed by atoms with van der Waals surface area (Å²) >= 11 is 1.47. The highest BCUT2D eigenvalue weighted by atomic mass is 32.1. The van der Waals surface area contributed by atoms with Gasteiger partial charge in [-0.15, -0.1) is 11.3 Å². The number of hydrogen-bond acceptors (Lipinski definition) is 5. The molecule has 5 nitrogen and oxygen atoms in total. The molecule has 1 heterocycles. The number of nitrogens with two attached hydrogens (primary N) is 1. The number of phenolic OH excluding ortho intramolecular Hbond substituents is 2. The Balaban J connectivity index is 1.99. The Bertz CT molecular complexity index is 693. The summed E-state index contributed by atoms with van der Waals surface area (Å²) in [6, 6.07) is 7.50. The molecule has 108 valence electrons. The topological polar surface area (TPSA) is 95.6 Å². The van der Waals surface area contributed by atoms with Gasteiger partial charge in [-0.1, -0.05) is 11.8 Å². The van der Waals surface area contributed by atoms with Gasteiger partial charge in [-0.3, -0.25) is 4.79 Å². The van der Waals surface area contributed by atoms with Gasteiger partial charge in [0.15, 0.2) is 0 Å². The van der Waals surface area contributed by atoms with Gasteiger partial charge < -0.3 is 21.3 Å². The van der Waals surface area contributed by atoms with Gasteiger partial charge in [0, 0.05) is 16.5 Å². The predicted octanol–water partition coefficient (Wildman–Crippen LogP) is 1.40. The molecule has 5 N–H and O–H groups in total. The largest absolute Gasteiger partial charge is 0.508 e. The fraction of sp³-hybridized carbons (Fsp3) is 0.133. The summed E-state index contributed by atoms with van der Waals surface area (Å²) in [6.45, 7) is 0.662. The van der Waals surface area contributed by atoms with Crippen LogP contribution in [0.25, 0.3) is 0 Å². The van der Waals surface area contributed by atoms with E-state index in [1.807, 2.05) is 12.1 Å². The maximum atomic E-state index is 11.9. The first-order valence-electron chi connectivity index (χ1n) is 6.17. The van der Waals surface area contributed by atoms with Crippen LogP contribution in [0.5, 0.6) is 11.5 Å². The van der Waals surface area contributed by atoms with Crippen molar-refractivity contribution in [1.82, 2.24) is 5.32 Å². The minimum atomic E-state index is -0.371. The van der Waals surface area contributed by atoms with Gasteiger partial charge in [-0.05, 0) is 24.3 Å². The third-order valence-electron chi connectivity index (χ3n) is 2.56. The summed E-state index contributed by atoms with van der Waals surface area (Å²) in [6.07, 6.45) is 0. The summed E-state index contributed by atoms with van der Waals surface area (Å²) in [4.78, 5) is 13.8. The SMILES string of the molecule is NCC#Cc1ccc(CNC(=O)c2cc(O)cc(O)c2)s1. The van der Waals surface area contributed by atoms with Crippen molar-refractivity contribution >= 4 is 17.2 Å². The van der Waals surface area contributed by atoms with Crippen LogP contribution in [-0.2, 0) is 6.54 Å². The van der Waals surface area contributed by atoms with E-state index in [1.165, 1.54) is 29.5 Å². The van der Waals surface area contributed by atoms with Crippen LogP contribution in [0.15, 0.2) is 30.3 Å². The average molecular weight is 302 g/mol. The molecular weight excluding hydrogens is 288 g/mol. The van der Waals surface area contributed by atoms with Crippen LogP contribution in [0.1, 0.15) is 20.1 Å². The summed E-state index contributed by atoms with van der Waals surface area (Å²) in [5, 5.41) is 21.4. The lowest BCUT2D eigenvalue weighted by Gasteiger charge is -2.05. The molecule has 21 heavy (non-hydrogen) atoms. The Hall–Kier alpha value is -2.49. The molecule has 1 amide bonds. The molecule has 0 aliphatic carbocycles. The van der Waals surface area contributed by atoms with Crippen molar-refractivity contribution in [3.63, 3.8) is 0 Å².